The summed E-state index contributed by atoms with van der Waals surface area (Å²) in [6, 6.07) is 9.15. The molecule has 0 radical (unpaired) electrons. The average molecular weight is 459 g/mol. The van der Waals surface area contributed by atoms with E-state index in [2.05, 4.69) is 4.72 Å². The zero-order valence-electron chi connectivity index (χ0n) is 16.2. The number of methoxy groups -OCH3 is 1. The molecule has 2 aromatic carbocycles. The summed E-state index contributed by atoms with van der Waals surface area (Å²) in [7, 11) is -5.91. The van der Waals surface area contributed by atoms with Crippen LogP contribution in [0.3, 0.4) is 0 Å². The van der Waals surface area contributed by atoms with Crippen LogP contribution in [0.2, 0.25) is 5.02 Å². The first-order valence-corrected chi connectivity index (χ1v) is 12.6. The van der Waals surface area contributed by atoms with Crippen LogP contribution in [0, 0.1) is 0 Å². The molecule has 2 aromatic rings. The van der Waals surface area contributed by atoms with E-state index in [1.807, 2.05) is 6.92 Å². The van der Waals surface area contributed by atoms with E-state index < -0.39 is 20.0 Å². The Morgan fingerprint density at radius 2 is 1.90 bits per heavy atom. The minimum atomic E-state index is -3.91. The number of aryl methyl sites for hydroxylation is 1. The van der Waals surface area contributed by atoms with E-state index in [-0.39, 0.29) is 21.4 Å². The number of benzene rings is 2. The summed E-state index contributed by atoms with van der Waals surface area (Å²) in [5, 5.41) is 0.178. The van der Waals surface area contributed by atoms with E-state index >= 15 is 0 Å². The third kappa shape index (κ3) is 4.62. The zero-order chi connectivity index (χ0) is 21.2. The van der Waals surface area contributed by atoms with Crippen LogP contribution >= 0.6 is 11.6 Å². The van der Waals surface area contributed by atoms with Gasteiger partial charge in [-0.25, -0.2) is 16.8 Å². The number of hydrogen-bond acceptors (Lipinski definition) is 5. The van der Waals surface area contributed by atoms with Crippen molar-refractivity contribution < 1.29 is 21.6 Å². The van der Waals surface area contributed by atoms with Crippen LogP contribution in [0.4, 0.5) is 11.4 Å². The van der Waals surface area contributed by atoms with Gasteiger partial charge in [0.2, 0.25) is 10.0 Å². The number of anilines is 2. The molecule has 0 saturated heterocycles. The maximum Gasteiger partial charge on any atom is 0.261 e. The molecule has 0 aromatic heterocycles. The quantitative estimate of drug-likeness (QED) is 0.683. The van der Waals surface area contributed by atoms with E-state index in [0.717, 1.165) is 18.4 Å². The van der Waals surface area contributed by atoms with Crippen molar-refractivity contribution in [2.75, 3.05) is 28.4 Å². The standard InChI is InChI=1S/C19H23ClN2O5S2/c1-3-11-28(23,24)22-10-4-5-14-6-7-15(12-18(14)22)21-29(25,26)16-8-9-19(27-2)17(20)13-16/h6-9,12-13,21H,3-5,10-11H2,1-2H3. The number of fused-ring (bicyclic) bond motifs is 1. The van der Waals surface area contributed by atoms with Crippen LogP contribution in [0.5, 0.6) is 5.75 Å². The number of nitrogens with one attached hydrogen (secondary N) is 1. The fourth-order valence-corrected chi connectivity index (χ4v) is 6.30. The molecule has 1 aliphatic rings. The highest BCUT2D eigenvalue weighted by molar-refractivity contribution is 7.93. The van der Waals surface area contributed by atoms with Crippen LogP contribution < -0.4 is 13.8 Å². The lowest BCUT2D eigenvalue weighted by atomic mass is 10.0. The molecule has 0 saturated carbocycles. The summed E-state index contributed by atoms with van der Waals surface area (Å²) in [5.74, 6) is 0.420. The SMILES string of the molecule is CCCS(=O)(=O)N1CCCc2ccc(NS(=O)(=O)c3ccc(OC)c(Cl)c3)cc21. The van der Waals surface area contributed by atoms with Crippen LogP contribution in [0.1, 0.15) is 25.3 Å². The summed E-state index contributed by atoms with van der Waals surface area (Å²) in [5.41, 5.74) is 1.69. The number of halogens is 1. The first-order chi connectivity index (χ1) is 13.7. The van der Waals surface area contributed by atoms with Crippen molar-refractivity contribution in [1.82, 2.24) is 0 Å². The third-order valence-corrected chi connectivity index (χ3v) is 8.29. The second-order valence-electron chi connectivity index (χ2n) is 6.74. The third-order valence-electron chi connectivity index (χ3n) is 4.64. The normalized spacial score (nSPS) is 14.4. The van der Waals surface area contributed by atoms with E-state index in [1.165, 1.54) is 29.6 Å². The van der Waals surface area contributed by atoms with Gasteiger partial charge in [-0.2, -0.15) is 0 Å². The number of sulfonamides is 2. The minimum Gasteiger partial charge on any atom is -0.495 e. The average Bonchev–Trinajstić information content (AvgIpc) is 2.67. The van der Waals surface area contributed by atoms with Crippen molar-refractivity contribution in [3.63, 3.8) is 0 Å². The molecule has 7 nitrogen and oxygen atoms in total. The Bertz CT molecular complexity index is 1120. The molecule has 1 aliphatic heterocycles. The Kier molecular flexibility index (Phi) is 6.30. The first-order valence-electron chi connectivity index (χ1n) is 9.17. The molecular formula is C19H23ClN2O5S2. The summed E-state index contributed by atoms with van der Waals surface area (Å²) >= 11 is 6.04. The number of rotatable bonds is 7. The predicted molar refractivity (Wildman–Crippen MR) is 115 cm³/mol. The van der Waals surface area contributed by atoms with Gasteiger partial charge >= 0.3 is 0 Å². The Balaban J connectivity index is 1.94. The monoisotopic (exact) mass is 458 g/mol. The molecule has 29 heavy (non-hydrogen) atoms. The Hall–Kier alpha value is -1.97. The summed E-state index contributed by atoms with van der Waals surface area (Å²) in [4.78, 5) is -0.0171. The maximum atomic E-state index is 12.8. The van der Waals surface area contributed by atoms with Gasteiger partial charge in [0.1, 0.15) is 5.75 Å². The molecule has 1 heterocycles. The second kappa shape index (κ2) is 8.41. The largest absolute Gasteiger partial charge is 0.495 e. The minimum absolute atomic E-state index is 0.0171. The number of nitrogens with zero attached hydrogens (tertiary/aromatic N) is 1. The van der Waals surface area contributed by atoms with Crippen LogP contribution in [-0.2, 0) is 26.5 Å². The molecule has 3 rings (SSSR count). The molecule has 0 aliphatic carbocycles. The fraction of sp³-hybridized carbons (Fsp3) is 0.368. The van der Waals surface area contributed by atoms with Gasteiger partial charge in [0.15, 0.2) is 0 Å². The lowest BCUT2D eigenvalue weighted by Gasteiger charge is -2.31. The van der Waals surface area contributed by atoms with Crippen molar-refractivity contribution in [1.29, 1.82) is 0 Å². The number of hydrogen-bond donors (Lipinski definition) is 1. The molecule has 0 amide bonds. The molecule has 0 unspecified atom stereocenters. The molecule has 0 spiro atoms. The molecule has 0 atom stereocenters. The highest BCUT2D eigenvalue weighted by Gasteiger charge is 2.27. The Morgan fingerprint density at radius 1 is 1.14 bits per heavy atom. The van der Waals surface area contributed by atoms with Crippen LogP contribution in [0.25, 0.3) is 0 Å². The smallest absolute Gasteiger partial charge is 0.261 e. The molecule has 158 valence electrons. The van der Waals surface area contributed by atoms with Gasteiger partial charge < -0.3 is 4.74 Å². The van der Waals surface area contributed by atoms with E-state index in [9.17, 15) is 16.8 Å². The van der Waals surface area contributed by atoms with Gasteiger partial charge in [0, 0.05) is 6.54 Å². The van der Waals surface area contributed by atoms with Gasteiger partial charge in [0.05, 0.1) is 34.2 Å². The predicted octanol–water partition coefficient (Wildman–Crippen LogP) is 3.64. The van der Waals surface area contributed by atoms with Gasteiger partial charge in [-0.05, 0) is 55.2 Å². The van der Waals surface area contributed by atoms with Crippen molar-refractivity contribution in [2.24, 2.45) is 0 Å². The van der Waals surface area contributed by atoms with Gasteiger partial charge in [-0.1, -0.05) is 24.6 Å². The van der Waals surface area contributed by atoms with Crippen LogP contribution in [0.15, 0.2) is 41.3 Å². The fourth-order valence-electron chi connectivity index (χ4n) is 3.29. The number of ether oxygens (including phenoxy) is 1. The van der Waals surface area contributed by atoms with Gasteiger partial charge in [-0.3, -0.25) is 9.03 Å². The van der Waals surface area contributed by atoms with E-state index in [1.54, 1.807) is 18.2 Å². The zero-order valence-corrected chi connectivity index (χ0v) is 18.6. The first kappa shape index (κ1) is 21.7. The summed E-state index contributed by atoms with van der Waals surface area (Å²) in [6.07, 6.45) is 1.98. The molecular weight excluding hydrogens is 436 g/mol. The highest BCUT2D eigenvalue weighted by Crippen LogP contribution is 2.33. The highest BCUT2D eigenvalue weighted by atomic mass is 35.5. The van der Waals surface area contributed by atoms with Crippen molar-refractivity contribution in [3.8, 4) is 5.75 Å². The molecule has 0 fully saturated rings. The van der Waals surface area contributed by atoms with Gasteiger partial charge in [-0.15, -0.1) is 0 Å². The Labute approximate surface area is 176 Å². The second-order valence-corrected chi connectivity index (χ2v) is 10.8. The van der Waals surface area contributed by atoms with Gasteiger partial charge in [0.25, 0.3) is 10.0 Å². The summed E-state index contributed by atoms with van der Waals surface area (Å²) < 4.78 is 59.7. The van der Waals surface area contributed by atoms with Crippen molar-refractivity contribution in [3.05, 3.63) is 47.0 Å². The summed E-state index contributed by atoms with van der Waals surface area (Å²) in [6.45, 7) is 2.20. The lowest BCUT2D eigenvalue weighted by molar-refractivity contribution is 0.414. The van der Waals surface area contributed by atoms with Crippen molar-refractivity contribution >= 4 is 43.0 Å². The van der Waals surface area contributed by atoms with Crippen LogP contribution in [-0.4, -0.2) is 36.2 Å². The Morgan fingerprint density at radius 3 is 2.55 bits per heavy atom. The van der Waals surface area contributed by atoms with E-state index in [4.69, 9.17) is 16.3 Å². The molecule has 1 N–H and O–H groups in total. The van der Waals surface area contributed by atoms with Crippen molar-refractivity contribution in [2.45, 2.75) is 31.1 Å². The topological polar surface area (TPSA) is 92.8 Å². The lowest BCUT2D eigenvalue weighted by Crippen LogP contribution is -2.37. The van der Waals surface area contributed by atoms with E-state index in [0.29, 0.717) is 24.4 Å². The maximum absolute atomic E-state index is 12.8. The molecule has 10 heteroatoms. The molecule has 0 bridgehead atoms.